The first-order valence-corrected chi connectivity index (χ1v) is 8.67. The number of rotatable bonds is 5. The molecule has 0 unspecified atom stereocenters. The van der Waals surface area contributed by atoms with Crippen molar-refractivity contribution in [3.05, 3.63) is 53.7 Å². The van der Waals surface area contributed by atoms with Gasteiger partial charge in [-0.15, -0.1) is 24.8 Å². The molecule has 28 heavy (non-hydrogen) atoms. The van der Waals surface area contributed by atoms with E-state index in [4.69, 9.17) is 11.5 Å². The van der Waals surface area contributed by atoms with Crippen molar-refractivity contribution in [2.24, 2.45) is 5.73 Å². The van der Waals surface area contributed by atoms with Crippen LogP contribution in [0.1, 0.15) is 22.3 Å². The predicted octanol–water partition coefficient (Wildman–Crippen LogP) is 1.89. The average Bonchev–Trinajstić information content (AvgIpc) is 2.67. The number of piperazine rings is 1. The van der Waals surface area contributed by atoms with Gasteiger partial charge in [0.15, 0.2) is 0 Å². The number of benzene rings is 1. The highest BCUT2D eigenvalue weighted by Gasteiger charge is 2.24. The lowest BCUT2D eigenvalue weighted by molar-refractivity contribution is -0.131. The summed E-state index contributed by atoms with van der Waals surface area (Å²) in [6.07, 6.45) is 2.71. The zero-order valence-electron chi connectivity index (χ0n) is 15.4. The van der Waals surface area contributed by atoms with Gasteiger partial charge in [0.2, 0.25) is 5.91 Å². The highest BCUT2D eigenvalue weighted by Crippen LogP contribution is 2.19. The van der Waals surface area contributed by atoms with Gasteiger partial charge in [-0.2, -0.15) is 0 Å². The first-order valence-electron chi connectivity index (χ1n) is 8.67. The SMILES string of the molecule is Cl.Cl.NC(=O)c1cccnc1N1CCN(C(=O)CCc2ccccc2N)CC1. The minimum atomic E-state index is -0.493. The number of nitrogens with zero attached hydrogens (tertiary/aromatic N) is 3. The minimum absolute atomic E-state index is 0. The van der Waals surface area contributed by atoms with Gasteiger partial charge >= 0.3 is 0 Å². The second-order valence-corrected chi connectivity index (χ2v) is 6.31. The summed E-state index contributed by atoms with van der Waals surface area (Å²) in [6, 6.07) is 11.0. The number of nitrogen functional groups attached to an aromatic ring is 1. The van der Waals surface area contributed by atoms with E-state index in [1.54, 1.807) is 18.3 Å². The summed E-state index contributed by atoms with van der Waals surface area (Å²) < 4.78 is 0. The Labute approximate surface area is 176 Å². The van der Waals surface area contributed by atoms with Crippen molar-refractivity contribution in [2.45, 2.75) is 12.8 Å². The summed E-state index contributed by atoms with van der Waals surface area (Å²) in [7, 11) is 0. The highest BCUT2D eigenvalue weighted by atomic mass is 35.5. The lowest BCUT2D eigenvalue weighted by atomic mass is 10.1. The van der Waals surface area contributed by atoms with E-state index >= 15 is 0 Å². The van der Waals surface area contributed by atoms with E-state index in [0.717, 1.165) is 11.3 Å². The van der Waals surface area contributed by atoms with E-state index in [1.165, 1.54) is 0 Å². The number of nitrogens with two attached hydrogens (primary N) is 2. The lowest BCUT2D eigenvalue weighted by Crippen LogP contribution is -2.49. The Morgan fingerprint density at radius 2 is 1.68 bits per heavy atom. The van der Waals surface area contributed by atoms with Crippen LogP contribution in [-0.4, -0.2) is 47.9 Å². The number of aromatic nitrogens is 1. The molecule has 7 nitrogen and oxygen atoms in total. The third kappa shape index (κ3) is 5.50. The maximum absolute atomic E-state index is 12.5. The highest BCUT2D eigenvalue weighted by molar-refractivity contribution is 5.97. The average molecular weight is 426 g/mol. The molecule has 2 aromatic rings. The van der Waals surface area contributed by atoms with Gasteiger partial charge in [0.25, 0.3) is 5.91 Å². The largest absolute Gasteiger partial charge is 0.399 e. The molecule has 0 aliphatic carbocycles. The fourth-order valence-corrected chi connectivity index (χ4v) is 3.17. The summed E-state index contributed by atoms with van der Waals surface area (Å²) in [6.45, 7) is 2.43. The van der Waals surface area contributed by atoms with Crippen molar-refractivity contribution in [1.29, 1.82) is 0 Å². The van der Waals surface area contributed by atoms with Crippen LogP contribution in [0.2, 0.25) is 0 Å². The molecule has 1 aromatic carbocycles. The summed E-state index contributed by atoms with van der Waals surface area (Å²) in [5, 5.41) is 0. The molecule has 0 bridgehead atoms. The Balaban J connectivity index is 0.00000196. The molecule has 1 aliphatic rings. The van der Waals surface area contributed by atoms with Crippen molar-refractivity contribution >= 4 is 48.1 Å². The van der Waals surface area contributed by atoms with Crippen LogP contribution < -0.4 is 16.4 Å². The zero-order valence-corrected chi connectivity index (χ0v) is 17.0. The standard InChI is InChI=1S/C19H23N5O2.2ClH/c20-16-6-2-1-4-14(16)7-8-17(25)23-10-12-24(13-11-23)19-15(18(21)26)5-3-9-22-19;;/h1-6,9H,7-8,10-13,20H2,(H2,21,26);2*1H. The van der Waals surface area contributed by atoms with Gasteiger partial charge in [0.1, 0.15) is 5.82 Å². The molecule has 4 N–H and O–H groups in total. The smallest absolute Gasteiger partial charge is 0.252 e. The van der Waals surface area contributed by atoms with Gasteiger partial charge < -0.3 is 21.3 Å². The number of primary amides is 1. The number of aryl methyl sites for hydroxylation is 1. The Hall–Kier alpha value is -2.51. The van der Waals surface area contributed by atoms with Crippen molar-refractivity contribution in [3.8, 4) is 0 Å². The number of amides is 2. The molecule has 2 heterocycles. The number of hydrogen-bond acceptors (Lipinski definition) is 5. The van der Waals surface area contributed by atoms with Crippen LogP contribution in [0.3, 0.4) is 0 Å². The molecule has 3 rings (SSSR count). The molecule has 9 heteroatoms. The molecule has 1 fully saturated rings. The summed E-state index contributed by atoms with van der Waals surface area (Å²) in [4.78, 5) is 32.2. The fraction of sp³-hybridized carbons (Fsp3) is 0.316. The minimum Gasteiger partial charge on any atom is -0.399 e. The van der Waals surface area contributed by atoms with Crippen LogP contribution in [0, 0.1) is 0 Å². The van der Waals surface area contributed by atoms with Crippen LogP contribution in [0.25, 0.3) is 0 Å². The third-order valence-electron chi connectivity index (χ3n) is 4.65. The van der Waals surface area contributed by atoms with E-state index in [-0.39, 0.29) is 30.7 Å². The van der Waals surface area contributed by atoms with E-state index < -0.39 is 5.91 Å². The van der Waals surface area contributed by atoms with Crippen LogP contribution in [0.15, 0.2) is 42.6 Å². The Bertz CT molecular complexity index is 810. The quantitative estimate of drug-likeness (QED) is 0.711. The van der Waals surface area contributed by atoms with Crippen LogP contribution >= 0.6 is 24.8 Å². The van der Waals surface area contributed by atoms with E-state index in [0.29, 0.717) is 50.4 Å². The van der Waals surface area contributed by atoms with E-state index in [9.17, 15) is 9.59 Å². The Morgan fingerprint density at radius 1 is 1.00 bits per heavy atom. The topological polar surface area (TPSA) is 106 Å². The summed E-state index contributed by atoms with van der Waals surface area (Å²) in [5.74, 6) is 0.209. The van der Waals surface area contributed by atoms with Gasteiger partial charge in [-0.25, -0.2) is 4.98 Å². The fourth-order valence-electron chi connectivity index (χ4n) is 3.17. The van der Waals surface area contributed by atoms with Gasteiger partial charge in [-0.1, -0.05) is 18.2 Å². The summed E-state index contributed by atoms with van der Waals surface area (Å²) in [5.41, 5.74) is 13.5. The molecule has 1 saturated heterocycles. The Morgan fingerprint density at radius 3 is 2.32 bits per heavy atom. The molecular formula is C19H25Cl2N5O2. The molecule has 0 spiro atoms. The van der Waals surface area contributed by atoms with Crippen LogP contribution in [0.5, 0.6) is 0 Å². The number of anilines is 2. The number of para-hydroxylation sites is 1. The zero-order chi connectivity index (χ0) is 18.5. The maximum atomic E-state index is 12.5. The molecule has 0 radical (unpaired) electrons. The normalized spacial score (nSPS) is 13.3. The first-order chi connectivity index (χ1) is 12.6. The number of hydrogen-bond donors (Lipinski definition) is 2. The van der Waals surface area contributed by atoms with E-state index in [1.807, 2.05) is 34.1 Å². The monoisotopic (exact) mass is 425 g/mol. The van der Waals surface area contributed by atoms with Gasteiger partial charge in [-0.05, 0) is 30.2 Å². The lowest BCUT2D eigenvalue weighted by Gasteiger charge is -2.36. The number of carbonyl (C=O) groups is 2. The van der Waals surface area contributed by atoms with Crippen molar-refractivity contribution in [2.75, 3.05) is 36.8 Å². The Kier molecular flexibility index (Phi) is 9.02. The van der Waals surface area contributed by atoms with Crippen molar-refractivity contribution in [3.63, 3.8) is 0 Å². The second-order valence-electron chi connectivity index (χ2n) is 6.31. The molecular weight excluding hydrogens is 401 g/mol. The van der Waals surface area contributed by atoms with Crippen LogP contribution in [0.4, 0.5) is 11.5 Å². The molecule has 0 saturated carbocycles. The third-order valence-corrected chi connectivity index (χ3v) is 4.65. The molecule has 152 valence electrons. The van der Waals surface area contributed by atoms with E-state index in [2.05, 4.69) is 4.98 Å². The summed E-state index contributed by atoms with van der Waals surface area (Å²) >= 11 is 0. The van der Waals surface area contributed by atoms with Crippen LogP contribution in [-0.2, 0) is 11.2 Å². The maximum Gasteiger partial charge on any atom is 0.252 e. The van der Waals surface area contributed by atoms with Crippen molar-refractivity contribution < 1.29 is 9.59 Å². The molecule has 1 aliphatic heterocycles. The van der Waals surface area contributed by atoms with Gasteiger partial charge in [-0.3, -0.25) is 9.59 Å². The van der Waals surface area contributed by atoms with Crippen molar-refractivity contribution in [1.82, 2.24) is 9.88 Å². The molecule has 1 aromatic heterocycles. The molecule has 2 amide bonds. The van der Waals surface area contributed by atoms with Gasteiger partial charge in [0, 0.05) is 44.5 Å². The predicted molar refractivity (Wildman–Crippen MR) is 115 cm³/mol. The van der Waals surface area contributed by atoms with Gasteiger partial charge in [0.05, 0.1) is 5.56 Å². The second kappa shape index (κ2) is 10.7. The number of carbonyl (C=O) groups excluding carboxylic acids is 2. The number of pyridine rings is 1. The molecule has 0 atom stereocenters. The number of halogens is 2. The first kappa shape index (κ1) is 23.5.